The lowest BCUT2D eigenvalue weighted by Crippen LogP contribution is -2.30. The number of hydrogen-bond donors (Lipinski definition) is 0. The standard InChI is InChI=1S/C24H21NO4/c1-16(23(27)18-9-3-2-4-10-18)29-24(28)19-14-22(26)25(15-19)21-13-7-11-17-8-5-6-12-20(17)21/h2-13,16,19H,14-15H2,1H3/t16-,19-/m1/s1. The van der Waals surface area contributed by atoms with Crippen molar-refractivity contribution in [2.45, 2.75) is 19.4 Å². The average molecular weight is 387 g/mol. The molecule has 0 unspecified atom stereocenters. The molecular formula is C24H21NO4. The van der Waals surface area contributed by atoms with Crippen molar-refractivity contribution in [2.75, 3.05) is 11.4 Å². The van der Waals surface area contributed by atoms with Gasteiger partial charge in [-0.2, -0.15) is 0 Å². The van der Waals surface area contributed by atoms with Crippen LogP contribution in [0.2, 0.25) is 0 Å². The van der Waals surface area contributed by atoms with Crippen LogP contribution in [0.5, 0.6) is 0 Å². The van der Waals surface area contributed by atoms with E-state index in [1.165, 1.54) is 0 Å². The first kappa shape index (κ1) is 18.9. The molecule has 0 aliphatic carbocycles. The van der Waals surface area contributed by atoms with Gasteiger partial charge in [0, 0.05) is 23.9 Å². The van der Waals surface area contributed by atoms with Gasteiger partial charge in [-0.3, -0.25) is 14.4 Å². The van der Waals surface area contributed by atoms with Crippen molar-refractivity contribution in [1.82, 2.24) is 0 Å². The van der Waals surface area contributed by atoms with Crippen molar-refractivity contribution >= 4 is 34.1 Å². The van der Waals surface area contributed by atoms with E-state index in [0.717, 1.165) is 16.5 Å². The normalized spacial score (nSPS) is 17.3. The molecule has 1 aliphatic heterocycles. The van der Waals surface area contributed by atoms with Gasteiger partial charge >= 0.3 is 5.97 Å². The van der Waals surface area contributed by atoms with Crippen molar-refractivity contribution in [3.05, 3.63) is 78.4 Å². The van der Waals surface area contributed by atoms with E-state index in [1.54, 1.807) is 36.1 Å². The Kier molecular flexibility index (Phi) is 5.12. The number of hydrogen-bond acceptors (Lipinski definition) is 4. The second-order valence-corrected chi connectivity index (χ2v) is 7.21. The zero-order chi connectivity index (χ0) is 20.4. The first-order valence-corrected chi connectivity index (χ1v) is 9.62. The Labute approximate surface area is 168 Å². The summed E-state index contributed by atoms with van der Waals surface area (Å²) in [4.78, 5) is 39.3. The molecule has 0 N–H and O–H groups in total. The number of carbonyl (C=O) groups excluding carboxylic acids is 3. The summed E-state index contributed by atoms with van der Waals surface area (Å²) >= 11 is 0. The number of ether oxygens (including phenoxy) is 1. The Bertz CT molecular complexity index is 1070. The maximum Gasteiger partial charge on any atom is 0.312 e. The molecule has 1 heterocycles. The molecule has 3 aromatic rings. The highest BCUT2D eigenvalue weighted by atomic mass is 16.5. The van der Waals surface area contributed by atoms with Crippen molar-refractivity contribution in [3.63, 3.8) is 0 Å². The van der Waals surface area contributed by atoms with E-state index >= 15 is 0 Å². The number of fused-ring (bicyclic) bond motifs is 1. The molecule has 2 atom stereocenters. The van der Waals surface area contributed by atoms with E-state index in [0.29, 0.717) is 5.56 Å². The van der Waals surface area contributed by atoms with Crippen molar-refractivity contribution in [1.29, 1.82) is 0 Å². The molecule has 3 aromatic carbocycles. The Balaban J connectivity index is 1.47. The van der Waals surface area contributed by atoms with Crippen molar-refractivity contribution in [2.24, 2.45) is 5.92 Å². The van der Waals surface area contributed by atoms with E-state index in [2.05, 4.69) is 0 Å². The first-order chi connectivity index (χ1) is 14.0. The van der Waals surface area contributed by atoms with Gasteiger partial charge in [-0.05, 0) is 18.4 Å². The fourth-order valence-corrected chi connectivity index (χ4v) is 3.70. The number of ketones is 1. The third kappa shape index (κ3) is 3.76. The lowest BCUT2D eigenvalue weighted by molar-refractivity contribution is -0.151. The number of Topliss-reactive ketones (excluding diaryl/α,β-unsaturated/α-hetero) is 1. The van der Waals surface area contributed by atoms with E-state index in [9.17, 15) is 14.4 Å². The van der Waals surface area contributed by atoms with E-state index < -0.39 is 18.0 Å². The number of anilines is 1. The minimum atomic E-state index is -0.897. The van der Waals surface area contributed by atoms with Crippen LogP contribution in [0, 0.1) is 5.92 Å². The van der Waals surface area contributed by atoms with Crippen LogP contribution in [0.1, 0.15) is 23.7 Å². The summed E-state index contributed by atoms with van der Waals surface area (Å²) in [6.45, 7) is 1.81. The molecule has 29 heavy (non-hydrogen) atoms. The van der Waals surface area contributed by atoms with Crippen LogP contribution in [0.4, 0.5) is 5.69 Å². The van der Waals surface area contributed by atoms with Crippen LogP contribution >= 0.6 is 0 Å². The van der Waals surface area contributed by atoms with Crippen LogP contribution < -0.4 is 4.90 Å². The number of nitrogens with zero attached hydrogens (tertiary/aromatic N) is 1. The van der Waals surface area contributed by atoms with Gasteiger partial charge in [0.2, 0.25) is 11.7 Å². The predicted molar refractivity (Wildman–Crippen MR) is 111 cm³/mol. The van der Waals surface area contributed by atoms with Gasteiger partial charge in [0.25, 0.3) is 0 Å². The van der Waals surface area contributed by atoms with E-state index in [-0.39, 0.29) is 24.7 Å². The molecule has 5 heteroatoms. The molecule has 1 aliphatic rings. The fraction of sp³-hybridized carbons (Fsp3) is 0.208. The average Bonchev–Trinajstić information content (AvgIpc) is 3.15. The number of benzene rings is 3. The Morgan fingerprint density at radius 1 is 0.966 bits per heavy atom. The monoisotopic (exact) mass is 387 g/mol. The zero-order valence-electron chi connectivity index (χ0n) is 16.1. The third-order valence-corrected chi connectivity index (χ3v) is 5.24. The largest absolute Gasteiger partial charge is 0.454 e. The molecule has 0 saturated carbocycles. The summed E-state index contributed by atoms with van der Waals surface area (Å²) < 4.78 is 5.40. The minimum absolute atomic E-state index is 0.0777. The second-order valence-electron chi connectivity index (χ2n) is 7.21. The van der Waals surface area contributed by atoms with E-state index in [1.807, 2.05) is 48.5 Å². The van der Waals surface area contributed by atoms with Crippen molar-refractivity contribution in [3.8, 4) is 0 Å². The highest BCUT2D eigenvalue weighted by molar-refractivity contribution is 6.07. The van der Waals surface area contributed by atoms with Gasteiger partial charge in [-0.1, -0.05) is 66.7 Å². The SMILES string of the molecule is C[C@@H](OC(=O)[C@@H]1CC(=O)N(c2cccc3ccccc23)C1)C(=O)c1ccccc1. The summed E-state index contributed by atoms with van der Waals surface area (Å²) in [5, 5.41) is 2.00. The highest BCUT2D eigenvalue weighted by Gasteiger charge is 2.37. The molecule has 0 spiro atoms. The molecule has 1 saturated heterocycles. The molecule has 146 valence electrons. The summed E-state index contributed by atoms with van der Waals surface area (Å²) in [6.07, 6.45) is -0.819. The van der Waals surface area contributed by atoms with Gasteiger partial charge in [0.05, 0.1) is 11.6 Å². The summed E-state index contributed by atoms with van der Waals surface area (Å²) in [5.74, 6) is -1.48. The number of esters is 1. The topological polar surface area (TPSA) is 63.7 Å². The fourth-order valence-electron chi connectivity index (χ4n) is 3.70. The van der Waals surface area contributed by atoms with Gasteiger partial charge in [0.15, 0.2) is 6.10 Å². The van der Waals surface area contributed by atoms with Crippen LogP contribution in [-0.4, -0.2) is 30.3 Å². The summed E-state index contributed by atoms with van der Waals surface area (Å²) in [5.41, 5.74) is 1.28. The molecule has 1 amide bonds. The Hall–Kier alpha value is -3.47. The molecule has 0 radical (unpaired) electrons. The molecule has 4 rings (SSSR count). The third-order valence-electron chi connectivity index (χ3n) is 5.24. The highest BCUT2D eigenvalue weighted by Crippen LogP contribution is 2.32. The molecular weight excluding hydrogens is 366 g/mol. The predicted octanol–water partition coefficient (Wildman–Crippen LogP) is 4.01. The zero-order valence-corrected chi connectivity index (χ0v) is 16.1. The lowest BCUT2D eigenvalue weighted by atomic mass is 10.1. The maximum atomic E-state index is 12.6. The Morgan fingerprint density at radius 3 is 2.45 bits per heavy atom. The quantitative estimate of drug-likeness (QED) is 0.490. The first-order valence-electron chi connectivity index (χ1n) is 9.62. The van der Waals surface area contributed by atoms with Gasteiger partial charge in [-0.15, -0.1) is 0 Å². The van der Waals surface area contributed by atoms with Crippen LogP contribution in [-0.2, 0) is 14.3 Å². The smallest absolute Gasteiger partial charge is 0.312 e. The van der Waals surface area contributed by atoms with Gasteiger partial charge < -0.3 is 9.64 Å². The summed E-state index contributed by atoms with van der Waals surface area (Å²) in [6, 6.07) is 22.3. The van der Waals surface area contributed by atoms with Crippen molar-refractivity contribution < 1.29 is 19.1 Å². The van der Waals surface area contributed by atoms with E-state index in [4.69, 9.17) is 4.74 Å². The molecule has 1 fully saturated rings. The maximum absolute atomic E-state index is 12.6. The minimum Gasteiger partial charge on any atom is -0.454 e. The van der Waals surface area contributed by atoms with Crippen LogP contribution in [0.3, 0.4) is 0 Å². The van der Waals surface area contributed by atoms with Gasteiger partial charge in [-0.25, -0.2) is 0 Å². The molecule has 0 bridgehead atoms. The van der Waals surface area contributed by atoms with Crippen LogP contribution in [0.15, 0.2) is 72.8 Å². The Morgan fingerprint density at radius 2 is 1.66 bits per heavy atom. The molecule has 0 aromatic heterocycles. The molecule has 5 nitrogen and oxygen atoms in total. The second kappa shape index (κ2) is 7.87. The number of amides is 1. The number of carbonyl (C=O) groups is 3. The van der Waals surface area contributed by atoms with Crippen LogP contribution in [0.25, 0.3) is 10.8 Å². The number of rotatable bonds is 5. The summed E-state index contributed by atoms with van der Waals surface area (Å²) in [7, 11) is 0. The van der Waals surface area contributed by atoms with Gasteiger partial charge in [0.1, 0.15) is 0 Å². The lowest BCUT2D eigenvalue weighted by Gasteiger charge is -2.19.